The van der Waals surface area contributed by atoms with Crippen LogP contribution in [0.1, 0.15) is 29.2 Å². The van der Waals surface area contributed by atoms with E-state index in [-0.39, 0.29) is 25.1 Å². The van der Waals surface area contributed by atoms with Crippen LogP contribution in [0.15, 0.2) is 48.8 Å². The lowest BCUT2D eigenvalue weighted by atomic mass is 9.84. The molecule has 1 aromatic carbocycles. The van der Waals surface area contributed by atoms with Crippen molar-refractivity contribution in [2.24, 2.45) is 11.7 Å². The summed E-state index contributed by atoms with van der Waals surface area (Å²) in [7, 11) is 0. The molecular formula is C20H25N3O3. The zero-order chi connectivity index (χ0) is 18.5. The lowest BCUT2D eigenvalue weighted by Gasteiger charge is -2.38. The molecule has 1 aliphatic heterocycles. The quantitative estimate of drug-likeness (QED) is 0.879. The van der Waals surface area contributed by atoms with Gasteiger partial charge in [-0.3, -0.25) is 4.98 Å². The summed E-state index contributed by atoms with van der Waals surface area (Å²) >= 11 is 0. The summed E-state index contributed by atoms with van der Waals surface area (Å²) in [6, 6.07) is 11.3. The predicted molar refractivity (Wildman–Crippen MR) is 98.2 cm³/mol. The average Bonchev–Trinajstić information content (AvgIpc) is 2.67. The number of rotatable bonds is 4. The molecule has 0 saturated carbocycles. The lowest BCUT2D eigenvalue weighted by molar-refractivity contribution is 0.00528. The number of aliphatic hydroxyl groups is 1. The Hall–Kier alpha value is -2.44. The van der Waals surface area contributed by atoms with E-state index in [1.165, 1.54) is 0 Å². The summed E-state index contributed by atoms with van der Waals surface area (Å²) in [5, 5.41) is 10.5. The molecule has 1 aliphatic rings. The van der Waals surface area contributed by atoms with Crippen LogP contribution in [0.2, 0.25) is 0 Å². The fourth-order valence-electron chi connectivity index (χ4n) is 3.29. The van der Waals surface area contributed by atoms with Crippen LogP contribution in [0.3, 0.4) is 0 Å². The maximum absolute atomic E-state index is 12.3. The van der Waals surface area contributed by atoms with E-state index in [4.69, 9.17) is 10.5 Å². The first-order chi connectivity index (χ1) is 12.5. The third-order valence-corrected chi connectivity index (χ3v) is 4.93. The molecular weight excluding hydrogens is 330 g/mol. The first-order valence-electron chi connectivity index (χ1n) is 8.85. The molecule has 2 aromatic rings. The fourth-order valence-corrected chi connectivity index (χ4v) is 3.29. The third kappa shape index (κ3) is 4.39. The molecule has 6 heteroatoms. The van der Waals surface area contributed by atoms with Crippen LogP contribution in [-0.4, -0.2) is 40.3 Å². The van der Waals surface area contributed by atoms with Gasteiger partial charge in [0.15, 0.2) is 0 Å². The highest BCUT2D eigenvalue weighted by Crippen LogP contribution is 2.29. The van der Waals surface area contributed by atoms with Crippen LogP contribution in [0.25, 0.3) is 0 Å². The summed E-state index contributed by atoms with van der Waals surface area (Å²) in [5.41, 5.74) is 9.36. The predicted octanol–water partition coefficient (Wildman–Crippen LogP) is 2.41. The number of hydrogen-bond donors (Lipinski definition) is 2. The highest BCUT2D eigenvalue weighted by Gasteiger charge is 2.34. The average molecular weight is 355 g/mol. The molecule has 1 fully saturated rings. The number of carbonyl (C=O) groups excluding carboxylic acids is 1. The van der Waals surface area contributed by atoms with Gasteiger partial charge >= 0.3 is 6.09 Å². The Bertz CT molecular complexity index is 721. The summed E-state index contributed by atoms with van der Waals surface area (Å²) in [6.45, 7) is 2.99. The number of aliphatic hydroxyl groups excluding tert-OH is 1. The highest BCUT2D eigenvalue weighted by molar-refractivity contribution is 5.67. The van der Waals surface area contributed by atoms with E-state index < -0.39 is 12.2 Å². The van der Waals surface area contributed by atoms with Crippen LogP contribution < -0.4 is 5.73 Å². The standard InChI is InChI=1S/C20H25N3O3/c1-14-2-4-15(5-3-14)13-26-20(25)23-11-8-17(18(24)12-23)19(21)16-6-9-22-10-7-16/h2-7,9-10,17-19,24H,8,11-13,21H2,1H3. The summed E-state index contributed by atoms with van der Waals surface area (Å²) < 4.78 is 5.37. The van der Waals surface area contributed by atoms with Gasteiger partial charge < -0.3 is 20.5 Å². The summed E-state index contributed by atoms with van der Waals surface area (Å²) in [5.74, 6) is -0.0986. The van der Waals surface area contributed by atoms with Crippen molar-refractivity contribution in [1.29, 1.82) is 0 Å². The maximum atomic E-state index is 12.3. The summed E-state index contributed by atoms with van der Waals surface area (Å²) in [4.78, 5) is 17.8. The van der Waals surface area contributed by atoms with Gasteiger partial charge in [-0.15, -0.1) is 0 Å². The number of hydrogen-bond acceptors (Lipinski definition) is 5. The van der Waals surface area contributed by atoms with Crippen molar-refractivity contribution in [2.45, 2.75) is 32.1 Å². The van der Waals surface area contributed by atoms with E-state index in [1.807, 2.05) is 43.3 Å². The normalized spacial score (nSPS) is 21.3. The maximum Gasteiger partial charge on any atom is 0.410 e. The number of nitrogens with zero attached hydrogens (tertiary/aromatic N) is 2. The molecule has 3 unspecified atom stereocenters. The Morgan fingerprint density at radius 3 is 2.65 bits per heavy atom. The van der Waals surface area contributed by atoms with E-state index in [1.54, 1.807) is 17.3 Å². The number of piperidine rings is 1. The monoisotopic (exact) mass is 355 g/mol. The molecule has 2 heterocycles. The van der Waals surface area contributed by atoms with E-state index >= 15 is 0 Å². The van der Waals surface area contributed by atoms with E-state index in [0.717, 1.165) is 16.7 Å². The van der Waals surface area contributed by atoms with Crippen LogP contribution in [-0.2, 0) is 11.3 Å². The SMILES string of the molecule is Cc1ccc(COC(=O)N2CCC(C(N)c3ccncc3)C(O)C2)cc1. The van der Waals surface area contributed by atoms with Gasteiger partial charge in [0.2, 0.25) is 0 Å². The Morgan fingerprint density at radius 2 is 2.00 bits per heavy atom. The number of pyridine rings is 1. The Labute approximate surface area is 153 Å². The van der Waals surface area contributed by atoms with Crippen molar-refractivity contribution in [2.75, 3.05) is 13.1 Å². The first-order valence-corrected chi connectivity index (χ1v) is 8.85. The number of carbonyl (C=O) groups is 1. The zero-order valence-electron chi connectivity index (χ0n) is 14.9. The van der Waals surface area contributed by atoms with E-state index in [0.29, 0.717) is 13.0 Å². The van der Waals surface area contributed by atoms with Crippen molar-refractivity contribution in [3.8, 4) is 0 Å². The van der Waals surface area contributed by atoms with Crippen LogP contribution >= 0.6 is 0 Å². The van der Waals surface area contributed by atoms with E-state index in [2.05, 4.69) is 4.98 Å². The topological polar surface area (TPSA) is 88.7 Å². The van der Waals surface area contributed by atoms with Crippen LogP contribution in [0.4, 0.5) is 4.79 Å². The van der Waals surface area contributed by atoms with Gasteiger partial charge in [0, 0.05) is 30.9 Å². The minimum atomic E-state index is -0.682. The molecule has 1 saturated heterocycles. The molecule has 3 N–H and O–H groups in total. The minimum Gasteiger partial charge on any atom is -0.445 e. The second kappa shape index (κ2) is 8.29. The third-order valence-electron chi connectivity index (χ3n) is 4.93. The zero-order valence-corrected chi connectivity index (χ0v) is 14.9. The van der Waals surface area contributed by atoms with Gasteiger partial charge in [0.1, 0.15) is 6.61 Å². The number of nitrogens with two attached hydrogens (primary N) is 1. The number of aromatic nitrogens is 1. The van der Waals surface area contributed by atoms with Crippen molar-refractivity contribution in [3.05, 3.63) is 65.5 Å². The van der Waals surface area contributed by atoms with Gasteiger partial charge in [-0.1, -0.05) is 29.8 Å². The van der Waals surface area contributed by atoms with Gasteiger partial charge in [0.05, 0.1) is 12.6 Å². The molecule has 138 valence electrons. The van der Waals surface area contributed by atoms with Gasteiger partial charge in [-0.05, 0) is 36.6 Å². The van der Waals surface area contributed by atoms with Crippen molar-refractivity contribution >= 4 is 6.09 Å². The van der Waals surface area contributed by atoms with Crippen molar-refractivity contribution < 1.29 is 14.6 Å². The molecule has 3 rings (SSSR count). The molecule has 0 radical (unpaired) electrons. The number of benzene rings is 1. The second-order valence-corrected chi connectivity index (χ2v) is 6.81. The number of β-amino-alcohol motifs (C(OH)–C–C–N with tert-alkyl or cyclic N) is 1. The molecule has 26 heavy (non-hydrogen) atoms. The lowest BCUT2D eigenvalue weighted by Crippen LogP contribution is -2.49. The van der Waals surface area contributed by atoms with Gasteiger partial charge in [-0.25, -0.2) is 4.79 Å². The van der Waals surface area contributed by atoms with Crippen LogP contribution in [0.5, 0.6) is 0 Å². The molecule has 0 spiro atoms. The van der Waals surface area contributed by atoms with Crippen LogP contribution in [0, 0.1) is 12.8 Å². The second-order valence-electron chi connectivity index (χ2n) is 6.81. The van der Waals surface area contributed by atoms with Crippen molar-refractivity contribution in [3.63, 3.8) is 0 Å². The van der Waals surface area contributed by atoms with Gasteiger partial charge in [0.25, 0.3) is 0 Å². The highest BCUT2D eigenvalue weighted by atomic mass is 16.6. The van der Waals surface area contributed by atoms with E-state index in [9.17, 15) is 9.90 Å². The smallest absolute Gasteiger partial charge is 0.410 e. The fraction of sp³-hybridized carbons (Fsp3) is 0.400. The number of aryl methyl sites for hydroxylation is 1. The first kappa shape index (κ1) is 18.4. The number of likely N-dealkylation sites (tertiary alicyclic amines) is 1. The Kier molecular flexibility index (Phi) is 5.85. The molecule has 0 aliphatic carbocycles. The Morgan fingerprint density at radius 1 is 1.31 bits per heavy atom. The minimum absolute atomic E-state index is 0.0986. The molecule has 1 amide bonds. The molecule has 0 bridgehead atoms. The number of ether oxygens (including phenoxy) is 1. The summed E-state index contributed by atoms with van der Waals surface area (Å²) in [6.07, 6.45) is 2.93. The number of amides is 1. The largest absolute Gasteiger partial charge is 0.445 e. The Balaban J connectivity index is 1.52. The molecule has 3 atom stereocenters. The van der Waals surface area contributed by atoms with Crippen molar-refractivity contribution in [1.82, 2.24) is 9.88 Å². The molecule has 1 aromatic heterocycles. The van der Waals surface area contributed by atoms with Gasteiger partial charge in [-0.2, -0.15) is 0 Å². The molecule has 6 nitrogen and oxygen atoms in total.